The van der Waals surface area contributed by atoms with Gasteiger partial charge in [0.25, 0.3) is 0 Å². The second-order valence-electron chi connectivity index (χ2n) is 5.12. The first kappa shape index (κ1) is 10.3. The largest absolute Gasteiger partial charge is 0.317 e. The first-order valence-electron chi connectivity index (χ1n) is 6.52. The molecular formula is C12H20N4. The van der Waals surface area contributed by atoms with E-state index >= 15 is 0 Å². The Labute approximate surface area is 96.4 Å². The summed E-state index contributed by atoms with van der Waals surface area (Å²) >= 11 is 0. The van der Waals surface area contributed by atoms with Crippen LogP contribution in [0.5, 0.6) is 0 Å². The van der Waals surface area contributed by atoms with Crippen molar-refractivity contribution in [3.8, 4) is 0 Å². The van der Waals surface area contributed by atoms with Crippen molar-refractivity contribution in [2.75, 3.05) is 13.1 Å². The van der Waals surface area contributed by atoms with E-state index in [1.54, 1.807) is 6.33 Å². The van der Waals surface area contributed by atoms with Crippen LogP contribution in [0.15, 0.2) is 6.33 Å². The Hall–Kier alpha value is -0.900. The number of nitrogens with one attached hydrogen (secondary N) is 1. The summed E-state index contributed by atoms with van der Waals surface area (Å²) in [7, 11) is 0. The minimum atomic E-state index is 0.629. The van der Waals surface area contributed by atoms with E-state index in [-0.39, 0.29) is 0 Å². The summed E-state index contributed by atoms with van der Waals surface area (Å²) in [5.41, 5.74) is 0. The molecule has 1 saturated heterocycles. The molecular weight excluding hydrogens is 200 g/mol. The highest BCUT2D eigenvalue weighted by Gasteiger charge is 2.24. The molecule has 1 saturated carbocycles. The van der Waals surface area contributed by atoms with Crippen molar-refractivity contribution in [3.63, 3.8) is 0 Å². The molecule has 0 amide bonds. The van der Waals surface area contributed by atoms with Gasteiger partial charge in [-0.2, -0.15) is 5.10 Å². The normalized spacial score (nSPS) is 23.2. The lowest BCUT2D eigenvalue weighted by Crippen LogP contribution is -2.29. The molecule has 2 heterocycles. The van der Waals surface area contributed by atoms with E-state index in [4.69, 9.17) is 0 Å². The number of piperidine rings is 1. The van der Waals surface area contributed by atoms with E-state index in [0.29, 0.717) is 5.92 Å². The fourth-order valence-electron chi connectivity index (χ4n) is 2.73. The molecule has 2 fully saturated rings. The van der Waals surface area contributed by atoms with E-state index in [9.17, 15) is 0 Å². The van der Waals surface area contributed by atoms with Gasteiger partial charge in [0, 0.05) is 12.5 Å². The van der Waals surface area contributed by atoms with Crippen molar-refractivity contribution in [2.24, 2.45) is 5.92 Å². The third kappa shape index (κ3) is 1.98. The fraction of sp³-hybridized carbons (Fsp3) is 0.833. The Bertz CT molecular complexity index is 337. The lowest BCUT2D eigenvalue weighted by atomic mass is 9.85. The lowest BCUT2D eigenvalue weighted by molar-refractivity contribution is 0.258. The first-order valence-corrected chi connectivity index (χ1v) is 6.52. The zero-order valence-electron chi connectivity index (χ0n) is 9.73. The van der Waals surface area contributed by atoms with Gasteiger partial charge in [0.2, 0.25) is 0 Å². The van der Waals surface area contributed by atoms with Crippen LogP contribution >= 0.6 is 0 Å². The van der Waals surface area contributed by atoms with E-state index < -0.39 is 0 Å². The van der Waals surface area contributed by atoms with Gasteiger partial charge >= 0.3 is 0 Å². The molecule has 0 unspecified atom stereocenters. The predicted molar refractivity (Wildman–Crippen MR) is 62.2 cm³/mol. The van der Waals surface area contributed by atoms with Crippen LogP contribution in [0.25, 0.3) is 0 Å². The van der Waals surface area contributed by atoms with Crippen molar-refractivity contribution in [3.05, 3.63) is 12.2 Å². The molecule has 0 radical (unpaired) electrons. The van der Waals surface area contributed by atoms with Crippen molar-refractivity contribution in [1.82, 2.24) is 20.1 Å². The van der Waals surface area contributed by atoms with Gasteiger partial charge < -0.3 is 5.32 Å². The quantitative estimate of drug-likeness (QED) is 0.840. The van der Waals surface area contributed by atoms with Crippen LogP contribution in [0.3, 0.4) is 0 Å². The first-order chi connectivity index (χ1) is 7.93. The Morgan fingerprint density at radius 2 is 2.06 bits per heavy atom. The van der Waals surface area contributed by atoms with E-state index in [0.717, 1.165) is 25.6 Å². The zero-order chi connectivity index (χ0) is 10.8. The number of nitrogens with zero attached hydrogens (tertiary/aromatic N) is 3. The molecule has 0 aromatic carbocycles. The molecule has 0 spiro atoms. The molecule has 1 aromatic heterocycles. The molecule has 4 nitrogen and oxygen atoms in total. The van der Waals surface area contributed by atoms with Crippen LogP contribution in [-0.4, -0.2) is 27.9 Å². The standard InChI is InChI=1S/C12H20N4/c1-2-10(3-1)8-16-12(14-9-15-16)11-4-6-13-7-5-11/h9-11,13H,1-8H2. The summed E-state index contributed by atoms with van der Waals surface area (Å²) in [6.07, 6.45) is 8.32. The van der Waals surface area contributed by atoms with Gasteiger partial charge in [-0.25, -0.2) is 9.67 Å². The summed E-state index contributed by atoms with van der Waals surface area (Å²) in [5.74, 6) is 2.72. The van der Waals surface area contributed by atoms with Gasteiger partial charge in [-0.05, 0) is 44.7 Å². The zero-order valence-corrected chi connectivity index (χ0v) is 9.73. The van der Waals surface area contributed by atoms with E-state index in [2.05, 4.69) is 20.1 Å². The highest BCUT2D eigenvalue weighted by atomic mass is 15.3. The second kappa shape index (κ2) is 4.53. The van der Waals surface area contributed by atoms with Crippen molar-refractivity contribution >= 4 is 0 Å². The summed E-state index contributed by atoms with van der Waals surface area (Å²) in [6.45, 7) is 3.35. The van der Waals surface area contributed by atoms with Crippen molar-refractivity contribution in [2.45, 2.75) is 44.6 Å². The molecule has 0 bridgehead atoms. The van der Waals surface area contributed by atoms with Crippen LogP contribution in [0.4, 0.5) is 0 Å². The fourth-order valence-corrected chi connectivity index (χ4v) is 2.73. The van der Waals surface area contributed by atoms with Gasteiger partial charge in [-0.3, -0.25) is 0 Å². The molecule has 1 aliphatic carbocycles. The molecule has 1 N–H and O–H groups in total. The van der Waals surface area contributed by atoms with Crippen LogP contribution in [0.2, 0.25) is 0 Å². The van der Waals surface area contributed by atoms with Crippen LogP contribution in [0.1, 0.15) is 43.8 Å². The van der Waals surface area contributed by atoms with Gasteiger partial charge in [-0.15, -0.1) is 0 Å². The van der Waals surface area contributed by atoms with Crippen LogP contribution in [-0.2, 0) is 6.54 Å². The molecule has 0 atom stereocenters. The molecule has 88 valence electrons. The summed E-state index contributed by atoms with van der Waals surface area (Å²) < 4.78 is 2.17. The number of rotatable bonds is 3. The van der Waals surface area contributed by atoms with Crippen LogP contribution < -0.4 is 5.32 Å². The molecule has 4 heteroatoms. The van der Waals surface area contributed by atoms with Crippen molar-refractivity contribution in [1.29, 1.82) is 0 Å². The third-order valence-electron chi connectivity index (χ3n) is 4.01. The highest BCUT2D eigenvalue weighted by Crippen LogP contribution is 2.29. The Balaban J connectivity index is 1.70. The predicted octanol–water partition coefficient (Wildman–Crippen LogP) is 1.55. The Morgan fingerprint density at radius 1 is 1.25 bits per heavy atom. The maximum Gasteiger partial charge on any atom is 0.138 e. The summed E-state index contributed by atoms with van der Waals surface area (Å²) in [5, 5.41) is 7.80. The highest BCUT2D eigenvalue weighted by molar-refractivity contribution is 4.98. The minimum absolute atomic E-state index is 0.629. The van der Waals surface area contributed by atoms with E-state index in [1.165, 1.54) is 37.9 Å². The molecule has 3 rings (SSSR count). The number of aromatic nitrogens is 3. The third-order valence-corrected chi connectivity index (χ3v) is 4.01. The van der Waals surface area contributed by atoms with Gasteiger partial charge in [-0.1, -0.05) is 6.42 Å². The monoisotopic (exact) mass is 220 g/mol. The topological polar surface area (TPSA) is 42.7 Å². The smallest absolute Gasteiger partial charge is 0.138 e. The van der Waals surface area contributed by atoms with Gasteiger partial charge in [0.1, 0.15) is 12.2 Å². The summed E-state index contributed by atoms with van der Waals surface area (Å²) in [4.78, 5) is 4.48. The molecule has 1 aliphatic heterocycles. The average molecular weight is 220 g/mol. The van der Waals surface area contributed by atoms with Crippen molar-refractivity contribution < 1.29 is 0 Å². The van der Waals surface area contributed by atoms with Gasteiger partial charge in [0.15, 0.2) is 0 Å². The van der Waals surface area contributed by atoms with E-state index in [1.807, 2.05) is 0 Å². The SMILES string of the molecule is c1nc(C2CCNCC2)n(CC2CCC2)n1. The van der Waals surface area contributed by atoms with Gasteiger partial charge in [0.05, 0.1) is 0 Å². The average Bonchev–Trinajstić information content (AvgIpc) is 2.73. The molecule has 1 aromatic rings. The second-order valence-corrected chi connectivity index (χ2v) is 5.12. The molecule has 2 aliphatic rings. The number of hydrogen-bond donors (Lipinski definition) is 1. The maximum absolute atomic E-state index is 4.48. The van der Waals surface area contributed by atoms with Crippen LogP contribution in [0, 0.1) is 5.92 Å². The minimum Gasteiger partial charge on any atom is -0.317 e. The lowest BCUT2D eigenvalue weighted by Gasteiger charge is -2.27. The summed E-state index contributed by atoms with van der Waals surface area (Å²) in [6, 6.07) is 0. The Morgan fingerprint density at radius 3 is 2.75 bits per heavy atom. The maximum atomic E-state index is 4.48. The molecule has 16 heavy (non-hydrogen) atoms. The Kier molecular flexibility index (Phi) is 2.91. The number of hydrogen-bond acceptors (Lipinski definition) is 3.